The highest BCUT2D eigenvalue weighted by Crippen LogP contribution is 2.25. The summed E-state index contributed by atoms with van der Waals surface area (Å²) in [4.78, 5) is 12.4. The van der Waals surface area contributed by atoms with Crippen LogP contribution in [0.2, 0.25) is 5.02 Å². The first-order chi connectivity index (χ1) is 16.1. The summed E-state index contributed by atoms with van der Waals surface area (Å²) < 4.78 is 7.21. The van der Waals surface area contributed by atoms with Crippen LogP contribution >= 0.6 is 23.4 Å². The highest BCUT2D eigenvalue weighted by Gasteiger charge is 2.16. The molecule has 0 radical (unpaired) electrons. The number of thioether (sulfide) groups is 1. The minimum Gasteiger partial charge on any atom is -0.497 e. The lowest BCUT2D eigenvalue weighted by atomic mass is 10.3. The van der Waals surface area contributed by atoms with Crippen LogP contribution in [0.4, 0.5) is 11.4 Å². The fourth-order valence-corrected chi connectivity index (χ4v) is 3.99. The highest BCUT2D eigenvalue weighted by atomic mass is 35.5. The number of amides is 1. The minimum absolute atomic E-state index is 0.115. The van der Waals surface area contributed by atoms with Gasteiger partial charge >= 0.3 is 0 Å². The van der Waals surface area contributed by atoms with Gasteiger partial charge in [0.25, 0.3) is 0 Å². The summed E-state index contributed by atoms with van der Waals surface area (Å²) in [5.74, 6) is 1.55. The molecular weight excluding hydrogens is 458 g/mol. The first-order valence-electron chi connectivity index (χ1n) is 10.2. The molecule has 0 unspecified atom stereocenters. The molecule has 2 N–H and O–H groups in total. The second-order valence-electron chi connectivity index (χ2n) is 7.00. The molecule has 0 fully saturated rings. The van der Waals surface area contributed by atoms with Gasteiger partial charge in [-0.25, -0.2) is 0 Å². The Morgan fingerprint density at radius 2 is 1.70 bits per heavy atom. The van der Waals surface area contributed by atoms with Gasteiger partial charge in [-0.05, 0) is 60.7 Å². The van der Waals surface area contributed by atoms with Crippen LogP contribution in [0.3, 0.4) is 0 Å². The van der Waals surface area contributed by atoms with E-state index in [4.69, 9.17) is 16.3 Å². The molecule has 33 heavy (non-hydrogen) atoms. The van der Waals surface area contributed by atoms with Crippen molar-refractivity contribution in [2.24, 2.45) is 0 Å². The van der Waals surface area contributed by atoms with Crippen LogP contribution in [0.1, 0.15) is 5.82 Å². The minimum atomic E-state index is -0.115. The molecule has 0 aliphatic heterocycles. The summed E-state index contributed by atoms with van der Waals surface area (Å²) >= 11 is 7.30. The number of carbonyl (C=O) groups excluding carboxylic acids is 1. The number of anilines is 2. The Morgan fingerprint density at radius 1 is 0.970 bits per heavy atom. The fraction of sp³-hybridized carbons (Fsp3) is 0.125. The summed E-state index contributed by atoms with van der Waals surface area (Å²) in [7, 11) is 1.63. The molecule has 0 aliphatic rings. The van der Waals surface area contributed by atoms with Crippen molar-refractivity contribution in [1.82, 2.24) is 14.8 Å². The zero-order valence-electron chi connectivity index (χ0n) is 17.9. The van der Waals surface area contributed by atoms with Gasteiger partial charge in [0.2, 0.25) is 5.91 Å². The van der Waals surface area contributed by atoms with Crippen molar-refractivity contribution >= 4 is 40.6 Å². The van der Waals surface area contributed by atoms with E-state index in [2.05, 4.69) is 20.8 Å². The third-order valence-electron chi connectivity index (χ3n) is 4.72. The standard InChI is InChI=1S/C24H22ClN5O2S/c1-32-21-13-11-20(12-14-21)30-22(15-26-18-9-7-17(25)8-10-18)28-29-24(30)33-16-23(31)27-19-5-3-2-4-6-19/h2-14,26H,15-16H2,1H3,(H,27,31). The predicted molar refractivity (Wildman–Crippen MR) is 132 cm³/mol. The molecule has 0 saturated heterocycles. The third-order valence-corrected chi connectivity index (χ3v) is 5.90. The average molecular weight is 480 g/mol. The number of methoxy groups -OCH3 is 1. The Morgan fingerprint density at radius 3 is 2.39 bits per heavy atom. The van der Waals surface area contributed by atoms with Crippen LogP contribution in [0.5, 0.6) is 5.75 Å². The Kier molecular flexibility index (Phi) is 7.49. The van der Waals surface area contributed by atoms with Crippen molar-refractivity contribution in [3.8, 4) is 11.4 Å². The monoisotopic (exact) mass is 479 g/mol. The number of carbonyl (C=O) groups is 1. The van der Waals surface area contributed by atoms with Gasteiger partial charge < -0.3 is 15.4 Å². The van der Waals surface area contributed by atoms with Crippen molar-refractivity contribution in [2.75, 3.05) is 23.5 Å². The number of para-hydroxylation sites is 1. The van der Waals surface area contributed by atoms with E-state index in [1.165, 1.54) is 11.8 Å². The Balaban J connectivity index is 1.52. The lowest BCUT2D eigenvalue weighted by Crippen LogP contribution is -2.14. The lowest BCUT2D eigenvalue weighted by molar-refractivity contribution is -0.113. The molecule has 7 nitrogen and oxygen atoms in total. The zero-order chi connectivity index (χ0) is 23.0. The van der Waals surface area contributed by atoms with Crippen LogP contribution in [-0.4, -0.2) is 33.5 Å². The summed E-state index contributed by atoms with van der Waals surface area (Å²) in [6.07, 6.45) is 0. The molecule has 1 aromatic heterocycles. The molecule has 0 saturated carbocycles. The molecule has 0 atom stereocenters. The maximum absolute atomic E-state index is 12.4. The van der Waals surface area contributed by atoms with E-state index >= 15 is 0 Å². The smallest absolute Gasteiger partial charge is 0.234 e. The average Bonchev–Trinajstić information content (AvgIpc) is 3.26. The van der Waals surface area contributed by atoms with E-state index in [1.54, 1.807) is 7.11 Å². The molecule has 3 aromatic carbocycles. The molecule has 9 heteroatoms. The number of rotatable bonds is 9. The summed E-state index contributed by atoms with van der Waals surface area (Å²) in [6, 6.07) is 24.4. The van der Waals surface area contributed by atoms with Crippen LogP contribution in [-0.2, 0) is 11.3 Å². The van der Waals surface area contributed by atoms with E-state index in [0.29, 0.717) is 22.5 Å². The normalized spacial score (nSPS) is 10.6. The van der Waals surface area contributed by atoms with Gasteiger partial charge in [0.15, 0.2) is 11.0 Å². The number of hydrogen-bond acceptors (Lipinski definition) is 6. The van der Waals surface area contributed by atoms with Crippen molar-refractivity contribution in [3.05, 3.63) is 89.7 Å². The van der Waals surface area contributed by atoms with Crippen LogP contribution in [0.25, 0.3) is 5.69 Å². The number of nitrogens with one attached hydrogen (secondary N) is 2. The number of nitrogens with zero attached hydrogens (tertiary/aromatic N) is 3. The van der Waals surface area contributed by atoms with Crippen LogP contribution < -0.4 is 15.4 Å². The van der Waals surface area contributed by atoms with E-state index in [9.17, 15) is 4.79 Å². The van der Waals surface area contributed by atoms with E-state index < -0.39 is 0 Å². The fourth-order valence-electron chi connectivity index (χ4n) is 3.10. The molecule has 1 heterocycles. The van der Waals surface area contributed by atoms with Crippen molar-refractivity contribution in [1.29, 1.82) is 0 Å². The molecule has 0 aliphatic carbocycles. The van der Waals surface area contributed by atoms with Gasteiger partial charge in [0.1, 0.15) is 5.75 Å². The topological polar surface area (TPSA) is 81.1 Å². The first-order valence-corrected chi connectivity index (χ1v) is 11.5. The Labute approximate surface area is 201 Å². The molecule has 4 aromatic rings. The van der Waals surface area contributed by atoms with Crippen LogP contribution in [0, 0.1) is 0 Å². The quantitative estimate of drug-likeness (QED) is 0.318. The Bertz CT molecular complexity index is 1200. The molecule has 4 rings (SSSR count). The maximum atomic E-state index is 12.4. The van der Waals surface area contributed by atoms with Gasteiger partial charge in [0, 0.05) is 22.1 Å². The van der Waals surface area contributed by atoms with Gasteiger partial charge in [-0.1, -0.05) is 41.6 Å². The number of ether oxygens (including phenoxy) is 1. The highest BCUT2D eigenvalue weighted by molar-refractivity contribution is 7.99. The second-order valence-corrected chi connectivity index (χ2v) is 8.37. The van der Waals surface area contributed by atoms with E-state index in [1.807, 2.05) is 83.4 Å². The number of benzene rings is 3. The van der Waals surface area contributed by atoms with E-state index in [-0.39, 0.29) is 11.7 Å². The molecule has 1 amide bonds. The van der Waals surface area contributed by atoms with Gasteiger partial charge in [0.05, 0.1) is 19.4 Å². The number of hydrogen-bond donors (Lipinski definition) is 2. The molecule has 0 bridgehead atoms. The van der Waals surface area contributed by atoms with Gasteiger partial charge in [-0.3, -0.25) is 9.36 Å². The van der Waals surface area contributed by atoms with Crippen molar-refractivity contribution in [2.45, 2.75) is 11.7 Å². The van der Waals surface area contributed by atoms with Crippen molar-refractivity contribution in [3.63, 3.8) is 0 Å². The predicted octanol–water partition coefficient (Wildman–Crippen LogP) is 5.27. The zero-order valence-corrected chi connectivity index (χ0v) is 19.4. The number of aromatic nitrogens is 3. The largest absolute Gasteiger partial charge is 0.497 e. The summed E-state index contributed by atoms with van der Waals surface area (Å²) in [5.41, 5.74) is 2.55. The maximum Gasteiger partial charge on any atom is 0.234 e. The van der Waals surface area contributed by atoms with E-state index in [0.717, 1.165) is 22.8 Å². The third kappa shape index (κ3) is 6.06. The second kappa shape index (κ2) is 10.9. The van der Waals surface area contributed by atoms with Gasteiger partial charge in [-0.15, -0.1) is 10.2 Å². The van der Waals surface area contributed by atoms with Crippen LogP contribution in [0.15, 0.2) is 84.0 Å². The summed E-state index contributed by atoms with van der Waals surface area (Å²) in [6.45, 7) is 0.442. The van der Waals surface area contributed by atoms with Crippen molar-refractivity contribution < 1.29 is 9.53 Å². The molecular formula is C24H22ClN5O2S. The first kappa shape index (κ1) is 22.7. The lowest BCUT2D eigenvalue weighted by Gasteiger charge is -2.12. The Hall–Kier alpha value is -3.49. The molecule has 168 valence electrons. The SMILES string of the molecule is COc1ccc(-n2c(CNc3ccc(Cl)cc3)nnc2SCC(=O)Nc2ccccc2)cc1. The number of halogens is 1. The summed E-state index contributed by atoms with van der Waals surface area (Å²) in [5, 5.41) is 16.2. The van der Waals surface area contributed by atoms with Gasteiger partial charge in [-0.2, -0.15) is 0 Å². The molecule has 0 spiro atoms.